The van der Waals surface area contributed by atoms with Gasteiger partial charge in [-0.1, -0.05) is 37.6 Å². The van der Waals surface area contributed by atoms with Gasteiger partial charge in [-0.15, -0.1) is 0 Å². The molecule has 2 N–H and O–H groups in total. The zero-order valence-corrected chi connectivity index (χ0v) is 20.3. The van der Waals surface area contributed by atoms with Crippen LogP contribution in [0.1, 0.15) is 30.9 Å². The predicted molar refractivity (Wildman–Crippen MR) is 138 cm³/mol. The van der Waals surface area contributed by atoms with Gasteiger partial charge in [0.15, 0.2) is 0 Å². The Labute approximate surface area is 207 Å². The number of ether oxygens (including phenoxy) is 2. The Bertz CT molecular complexity index is 1000. The molecule has 0 atom stereocenters. The van der Waals surface area contributed by atoms with Crippen LogP contribution in [0.3, 0.4) is 0 Å². The molecule has 0 saturated carbocycles. The molecule has 0 bridgehead atoms. The summed E-state index contributed by atoms with van der Waals surface area (Å²) in [5, 5.41) is 26.9. The van der Waals surface area contributed by atoms with E-state index in [0.717, 1.165) is 53.4 Å². The van der Waals surface area contributed by atoms with Gasteiger partial charge in [-0.2, -0.15) is 10.2 Å². The van der Waals surface area contributed by atoms with E-state index in [4.69, 9.17) is 19.7 Å². The Kier molecular flexibility index (Phi) is 11.2. The van der Waals surface area contributed by atoms with E-state index in [9.17, 15) is 0 Å². The fourth-order valence-corrected chi connectivity index (χ4v) is 3.39. The lowest BCUT2D eigenvalue weighted by molar-refractivity contribution is 0.156. The Morgan fingerprint density at radius 3 is 1.71 bits per heavy atom. The van der Waals surface area contributed by atoms with Gasteiger partial charge in [0.2, 0.25) is 0 Å². The second-order valence-corrected chi connectivity index (χ2v) is 8.22. The second kappa shape index (κ2) is 14.9. The third-order valence-electron chi connectivity index (χ3n) is 5.39. The van der Waals surface area contributed by atoms with Gasteiger partial charge in [0.1, 0.15) is 18.1 Å². The van der Waals surface area contributed by atoms with E-state index < -0.39 is 0 Å². The summed E-state index contributed by atoms with van der Waals surface area (Å²) in [5.41, 5.74) is 3.72. The molecule has 3 aromatic rings. The van der Waals surface area contributed by atoms with Crippen molar-refractivity contribution in [1.29, 1.82) is 0 Å². The average molecular weight is 478 g/mol. The molecule has 35 heavy (non-hydrogen) atoms. The normalized spacial score (nSPS) is 11.3. The Balaban J connectivity index is 1.46. The van der Waals surface area contributed by atoms with E-state index >= 15 is 0 Å². The number of nitrogens with zero attached hydrogens (tertiary/aromatic N) is 3. The minimum atomic E-state index is 0.0772. The minimum Gasteiger partial charge on any atom is -0.494 e. The zero-order valence-electron chi connectivity index (χ0n) is 20.3. The highest BCUT2D eigenvalue weighted by Crippen LogP contribution is 2.23. The molecule has 0 aliphatic rings. The van der Waals surface area contributed by atoms with Gasteiger partial charge in [-0.3, -0.25) is 4.90 Å². The van der Waals surface area contributed by atoms with E-state index in [2.05, 4.69) is 17.2 Å². The van der Waals surface area contributed by atoms with Crippen LogP contribution in [-0.4, -0.2) is 48.0 Å². The summed E-state index contributed by atoms with van der Waals surface area (Å²) in [6.07, 6.45) is 2.16. The highest BCUT2D eigenvalue weighted by atomic mass is 16.5. The van der Waals surface area contributed by atoms with Crippen LogP contribution in [0.2, 0.25) is 0 Å². The number of rotatable bonds is 15. The number of hydrogen-bond donors (Lipinski definition) is 2. The molecule has 3 rings (SSSR count). The molecule has 0 aliphatic carbocycles. The fourth-order valence-electron chi connectivity index (χ4n) is 3.39. The largest absolute Gasteiger partial charge is 0.494 e. The molecule has 0 fully saturated rings. The lowest BCUT2D eigenvalue weighted by Crippen LogP contribution is -2.29. The molecule has 0 saturated heterocycles. The SMILES string of the molecule is CCCCOc1ccc(N=Nc2ccc(OCc3ccc(CN(CCO)CCO)cc3)cc2)cc1. The van der Waals surface area contributed by atoms with E-state index in [1.54, 1.807) is 0 Å². The third kappa shape index (κ3) is 9.48. The van der Waals surface area contributed by atoms with Crippen molar-refractivity contribution < 1.29 is 19.7 Å². The summed E-state index contributed by atoms with van der Waals surface area (Å²) in [7, 11) is 0. The fraction of sp³-hybridized carbons (Fsp3) is 0.357. The van der Waals surface area contributed by atoms with Crippen LogP contribution in [0.15, 0.2) is 83.0 Å². The summed E-state index contributed by atoms with van der Waals surface area (Å²) >= 11 is 0. The molecule has 0 aliphatic heterocycles. The average Bonchev–Trinajstić information content (AvgIpc) is 2.89. The van der Waals surface area contributed by atoms with Gasteiger partial charge >= 0.3 is 0 Å². The van der Waals surface area contributed by atoms with Crippen molar-refractivity contribution in [2.75, 3.05) is 32.9 Å². The molecule has 0 heterocycles. The van der Waals surface area contributed by atoms with Gasteiger partial charge in [0.05, 0.1) is 31.2 Å². The number of azo groups is 1. The quantitative estimate of drug-likeness (QED) is 0.218. The molecule has 0 unspecified atom stereocenters. The molecular weight excluding hydrogens is 442 g/mol. The first-order chi connectivity index (χ1) is 17.2. The molecule has 3 aromatic carbocycles. The molecule has 0 amide bonds. The number of hydrogen-bond acceptors (Lipinski definition) is 7. The van der Waals surface area contributed by atoms with E-state index in [-0.39, 0.29) is 13.2 Å². The van der Waals surface area contributed by atoms with Gasteiger partial charge in [-0.25, -0.2) is 0 Å². The minimum absolute atomic E-state index is 0.0772. The molecule has 186 valence electrons. The maximum Gasteiger partial charge on any atom is 0.119 e. The van der Waals surface area contributed by atoms with Crippen molar-refractivity contribution >= 4 is 11.4 Å². The van der Waals surface area contributed by atoms with Crippen LogP contribution in [0.25, 0.3) is 0 Å². The van der Waals surface area contributed by atoms with Crippen molar-refractivity contribution in [3.63, 3.8) is 0 Å². The van der Waals surface area contributed by atoms with Crippen molar-refractivity contribution in [2.45, 2.75) is 32.9 Å². The molecule has 0 radical (unpaired) electrons. The highest BCUT2D eigenvalue weighted by Gasteiger charge is 2.05. The van der Waals surface area contributed by atoms with Gasteiger partial charge in [-0.05, 0) is 66.1 Å². The lowest BCUT2D eigenvalue weighted by atomic mass is 10.1. The van der Waals surface area contributed by atoms with Crippen LogP contribution in [0.4, 0.5) is 11.4 Å². The number of unbranched alkanes of at least 4 members (excludes halogenated alkanes) is 1. The Morgan fingerprint density at radius 2 is 1.20 bits per heavy atom. The van der Waals surface area contributed by atoms with Gasteiger partial charge < -0.3 is 19.7 Å². The standard InChI is InChI=1S/C28H35N3O4/c1-2-3-20-34-27-12-8-25(9-13-27)29-30-26-10-14-28(15-11-26)35-22-24-6-4-23(5-7-24)21-31(16-18-32)17-19-33/h4-15,32-33H,2-3,16-22H2,1H3. The third-order valence-corrected chi connectivity index (χ3v) is 5.39. The topological polar surface area (TPSA) is 86.9 Å². The number of aliphatic hydroxyl groups is 2. The Morgan fingerprint density at radius 1 is 0.686 bits per heavy atom. The second-order valence-electron chi connectivity index (χ2n) is 8.22. The van der Waals surface area contributed by atoms with Crippen molar-refractivity contribution in [3.05, 3.63) is 83.9 Å². The lowest BCUT2D eigenvalue weighted by Gasteiger charge is -2.20. The summed E-state index contributed by atoms with van der Waals surface area (Å²) < 4.78 is 11.6. The predicted octanol–water partition coefficient (Wildman–Crippen LogP) is 5.65. The molecule has 7 heteroatoms. The monoisotopic (exact) mass is 477 g/mol. The van der Waals surface area contributed by atoms with Crippen LogP contribution < -0.4 is 9.47 Å². The number of aliphatic hydroxyl groups excluding tert-OH is 2. The van der Waals surface area contributed by atoms with E-state index in [1.807, 2.05) is 77.7 Å². The maximum absolute atomic E-state index is 9.15. The summed E-state index contributed by atoms with van der Waals surface area (Å²) in [6, 6.07) is 23.3. The van der Waals surface area contributed by atoms with E-state index in [1.165, 1.54) is 0 Å². The van der Waals surface area contributed by atoms with Gasteiger partial charge in [0.25, 0.3) is 0 Å². The van der Waals surface area contributed by atoms with E-state index in [0.29, 0.717) is 26.2 Å². The smallest absolute Gasteiger partial charge is 0.119 e. The Hall–Kier alpha value is -3.26. The molecule has 0 aromatic heterocycles. The van der Waals surface area contributed by atoms with Crippen LogP contribution in [0.5, 0.6) is 11.5 Å². The first-order valence-electron chi connectivity index (χ1n) is 12.1. The summed E-state index contributed by atoms with van der Waals surface area (Å²) in [5.74, 6) is 1.61. The summed E-state index contributed by atoms with van der Waals surface area (Å²) in [4.78, 5) is 2.02. The highest BCUT2D eigenvalue weighted by molar-refractivity contribution is 5.44. The molecule has 0 spiro atoms. The van der Waals surface area contributed by atoms with Crippen molar-refractivity contribution in [3.8, 4) is 11.5 Å². The van der Waals surface area contributed by atoms with Crippen molar-refractivity contribution in [2.24, 2.45) is 10.2 Å². The molecular formula is C28H35N3O4. The van der Waals surface area contributed by atoms with Crippen molar-refractivity contribution in [1.82, 2.24) is 4.90 Å². The first kappa shape index (κ1) is 26.3. The first-order valence-corrected chi connectivity index (χ1v) is 12.1. The zero-order chi connectivity index (χ0) is 24.7. The van der Waals surface area contributed by atoms with Gasteiger partial charge in [0, 0.05) is 19.6 Å². The molecule has 7 nitrogen and oxygen atoms in total. The van der Waals surface area contributed by atoms with Crippen LogP contribution >= 0.6 is 0 Å². The summed E-state index contributed by atoms with van der Waals surface area (Å²) in [6.45, 7) is 5.26. The number of benzene rings is 3. The van der Waals surface area contributed by atoms with Crippen LogP contribution in [-0.2, 0) is 13.2 Å². The maximum atomic E-state index is 9.15. The van der Waals surface area contributed by atoms with Crippen LogP contribution in [0, 0.1) is 0 Å².